The number of pyridine rings is 6. The molecule has 0 radical (unpaired) electrons. The van der Waals surface area contributed by atoms with Gasteiger partial charge in [0.2, 0.25) is 0 Å². The quantitative estimate of drug-likeness (QED) is 0.151. The summed E-state index contributed by atoms with van der Waals surface area (Å²) in [5, 5.41) is 0. The van der Waals surface area contributed by atoms with Crippen LogP contribution in [0.25, 0.3) is 66.8 Å². The maximum Gasteiger partial charge on any atom is 0.0454 e. The number of rotatable bonds is 0. The summed E-state index contributed by atoms with van der Waals surface area (Å²) < 4.78 is 0. The first kappa shape index (κ1) is 70.6. The van der Waals surface area contributed by atoms with Gasteiger partial charge in [-0.05, 0) is 440 Å². The van der Waals surface area contributed by atoms with Crippen molar-refractivity contribution < 1.29 is 0 Å². The van der Waals surface area contributed by atoms with Crippen LogP contribution >= 0.6 is 0 Å². The monoisotopic (exact) mass is 1340 g/mol. The van der Waals surface area contributed by atoms with E-state index in [9.17, 15) is 0 Å². The molecule has 0 N–H and O–H groups in total. The molecular formula is C96H102N6. The Kier molecular flexibility index (Phi) is 19.1. The van der Waals surface area contributed by atoms with Crippen molar-refractivity contribution in [1.82, 2.24) is 29.9 Å². The van der Waals surface area contributed by atoms with Gasteiger partial charge >= 0.3 is 0 Å². The molecule has 0 aliphatic heterocycles. The van der Waals surface area contributed by atoms with Gasteiger partial charge in [0.1, 0.15) is 0 Å². The number of benzene rings is 6. The van der Waals surface area contributed by atoms with Gasteiger partial charge in [0.25, 0.3) is 0 Å². The highest BCUT2D eigenvalue weighted by atomic mass is 14.7. The second-order valence-corrected chi connectivity index (χ2v) is 30.7. The third-order valence-electron chi connectivity index (χ3n) is 24.5. The fourth-order valence-electron chi connectivity index (χ4n) is 17.5. The van der Waals surface area contributed by atoms with Crippen LogP contribution < -0.4 is 0 Å². The highest BCUT2D eigenvalue weighted by Crippen LogP contribution is 2.48. The molecule has 0 fully saturated rings. The van der Waals surface area contributed by atoms with E-state index in [1.54, 1.807) is 0 Å². The van der Waals surface area contributed by atoms with Gasteiger partial charge in [-0.15, -0.1) is 0 Å². The average molecular weight is 1340 g/mol. The van der Waals surface area contributed by atoms with Crippen molar-refractivity contribution >= 4 is 0 Å². The zero-order valence-electron chi connectivity index (χ0n) is 65.3. The van der Waals surface area contributed by atoms with E-state index in [1.165, 1.54) is 245 Å². The summed E-state index contributed by atoms with van der Waals surface area (Å²) in [6.45, 7) is 52.6. The molecule has 6 heterocycles. The second-order valence-electron chi connectivity index (χ2n) is 30.7. The lowest BCUT2D eigenvalue weighted by atomic mass is 9.93. The first-order chi connectivity index (χ1) is 48.5. The van der Waals surface area contributed by atoms with Crippen molar-refractivity contribution in [2.45, 2.75) is 205 Å². The summed E-state index contributed by atoms with van der Waals surface area (Å²) in [6.07, 6.45) is 22.3. The first-order valence-electron chi connectivity index (χ1n) is 36.8. The fourth-order valence-corrected chi connectivity index (χ4v) is 17.5. The summed E-state index contributed by atoms with van der Waals surface area (Å²) in [7, 11) is 0. The highest BCUT2D eigenvalue weighted by Gasteiger charge is 2.30. The molecule has 6 aromatic heterocycles. The lowest BCUT2D eigenvalue weighted by Gasteiger charge is -2.12. The summed E-state index contributed by atoms with van der Waals surface area (Å²) in [5.74, 6) is 0. The third-order valence-corrected chi connectivity index (χ3v) is 24.5. The Bertz CT molecular complexity index is 5500. The summed E-state index contributed by atoms with van der Waals surface area (Å²) in [4.78, 5) is 26.4. The van der Waals surface area contributed by atoms with E-state index >= 15 is 0 Å². The second kappa shape index (κ2) is 27.5. The minimum Gasteiger partial charge on any atom is -0.264 e. The van der Waals surface area contributed by atoms with Gasteiger partial charge in [-0.3, -0.25) is 29.9 Å². The van der Waals surface area contributed by atoms with Gasteiger partial charge < -0.3 is 0 Å². The molecule has 6 aromatic carbocycles. The zero-order chi connectivity index (χ0) is 72.9. The minimum atomic E-state index is 1.07. The van der Waals surface area contributed by atoms with Crippen LogP contribution in [0, 0.1) is 166 Å². The number of aryl methyl sites for hydroxylation is 15. The zero-order valence-corrected chi connectivity index (χ0v) is 65.3. The predicted octanol–water partition coefficient (Wildman–Crippen LogP) is 23.3. The molecule has 0 saturated heterocycles. The van der Waals surface area contributed by atoms with Crippen LogP contribution in [0.1, 0.15) is 201 Å². The molecule has 6 nitrogen and oxygen atoms in total. The molecule has 0 bridgehead atoms. The largest absolute Gasteiger partial charge is 0.264 e. The van der Waals surface area contributed by atoms with Gasteiger partial charge in [0.15, 0.2) is 0 Å². The van der Waals surface area contributed by atoms with E-state index in [2.05, 4.69) is 257 Å². The van der Waals surface area contributed by atoms with Crippen LogP contribution in [0.2, 0.25) is 0 Å². The van der Waals surface area contributed by atoms with Crippen LogP contribution in [-0.2, 0) is 38.5 Å². The van der Waals surface area contributed by atoms with Gasteiger partial charge in [-0.1, -0.05) is 36.4 Å². The molecule has 6 heteroatoms. The number of nitrogens with zero attached hydrogens (tertiary/aromatic N) is 6. The Labute approximate surface area is 608 Å². The Morgan fingerprint density at radius 2 is 0.559 bits per heavy atom. The lowest BCUT2D eigenvalue weighted by molar-refractivity contribution is 1.14. The minimum absolute atomic E-state index is 1.07. The maximum absolute atomic E-state index is 4.44. The Balaban J connectivity index is 0.000000109. The third kappa shape index (κ3) is 12.4. The van der Waals surface area contributed by atoms with Crippen molar-refractivity contribution in [2.75, 3.05) is 0 Å². The van der Waals surface area contributed by atoms with E-state index < -0.39 is 0 Å². The van der Waals surface area contributed by atoms with Crippen molar-refractivity contribution in [3.63, 3.8) is 0 Å². The summed E-state index contributed by atoms with van der Waals surface area (Å²) in [6, 6.07) is 22.6. The summed E-state index contributed by atoms with van der Waals surface area (Å²) in [5.41, 5.74) is 67.0. The Morgan fingerprint density at radius 1 is 0.206 bits per heavy atom. The fraction of sp³-hybridized carbons (Fsp3) is 0.312. The van der Waals surface area contributed by atoms with E-state index in [4.69, 9.17) is 0 Å². The van der Waals surface area contributed by atoms with Crippen molar-refractivity contribution in [3.8, 4) is 66.8 Å². The molecule has 0 atom stereocenters. The highest BCUT2D eigenvalue weighted by molar-refractivity contribution is 5.86. The van der Waals surface area contributed by atoms with Crippen LogP contribution in [-0.4, -0.2) is 29.9 Å². The molecule has 0 unspecified atom stereocenters. The van der Waals surface area contributed by atoms with Crippen molar-refractivity contribution in [3.05, 3.63) is 311 Å². The molecule has 6 aliphatic rings. The van der Waals surface area contributed by atoms with Crippen LogP contribution in [0.15, 0.2) is 110 Å². The molecular weight excluding hydrogens is 1240 g/mol. The van der Waals surface area contributed by atoms with E-state index in [-0.39, 0.29) is 0 Å². The SMILES string of the molecule is Cc1cc(C)c2c(c1C)Cc1c(C)cncc1-2.Cc1cc(C)c2c(c1C)Cc1ccnc(C)c1-2.Cc1cc2c(c(C)c1C)Cc1c(C)cncc1-2.Cc1cc2c(c(C)c1C)Cc1ccnc(C)c1-2.Cc1cc2c(cn1)-c1c(C)cc(C)c(C)c1C2.Cc1cc2c(cn1)-c1cc(C)c(C)c(C)c1C2. The van der Waals surface area contributed by atoms with Gasteiger partial charge in [0.05, 0.1) is 0 Å². The standard InChI is InChI=1S/6C16H17N/c1-9-5-15-14(12(4)11(9)3)6-13-10(2)7-17-8-16(13)15;1-9-5-15-14(12(4)11(9)3)7-13-6-10(2)17-8-16(13)15;1-9-5-10(2)16-14(12(9)4)6-13-11(3)7-17-8-15(13)16;1-9-5-10(2)16-14(12(9)4)7-13-6-11(3)17-8-15(13)16;1-9-7-15-14(11(3)10(9)2)8-13-5-6-17-12(4)16(13)15;1-9-7-10(2)15-14(11(9)3)8-13-5-6-17-12(4)16(13)15/h5,7-8H,6H2,1-4H3;5-6,8H,7H2,1-4H3;5,7-8H,6H2,1-4H3;5-6,8H,7H2,1-4H3;2*5-7H,8H2,1-4H3. The smallest absolute Gasteiger partial charge is 0.0454 e. The Hall–Kier alpha value is -9.78. The van der Waals surface area contributed by atoms with E-state index in [0.29, 0.717) is 0 Å². The van der Waals surface area contributed by atoms with Gasteiger partial charge in [-0.25, -0.2) is 0 Å². The van der Waals surface area contributed by atoms with E-state index in [1.807, 2.05) is 49.6 Å². The maximum atomic E-state index is 4.44. The number of aromatic nitrogens is 6. The van der Waals surface area contributed by atoms with Gasteiger partial charge in [0, 0.05) is 106 Å². The Morgan fingerprint density at radius 3 is 1.10 bits per heavy atom. The molecule has 102 heavy (non-hydrogen) atoms. The first-order valence-corrected chi connectivity index (χ1v) is 36.8. The molecule has 0 amide bonds. The number of hydrogen-bond acceptors (Lipinski definition) is 6. The summed E-state index contributed by atoms with van der Waals surface area (Å²) >= 11 is 0. The molecule has 0 saturated carbocycles. The number of fused-ring (bicyclic) bond motifs is 18. The molecule has 18 rings (SSSR count). The van der Waals surface area contributed by atoms with E-state index in [0.717, 1.165) is 61.3 Å². The van der Waals surface area contributed by atoms with Crippen LogP contribution in [0.5, 0.6) is 0 Å². The molecule has 0 spiro atoms. The normalized spacial score (nSPS) is 12.5. The number of hydrogen-bond donors (Lipinski definition) is 0. The molecule has 6 aliphatic carbocycles. The van der Waals surface area contributed by atoms with Crippen molar-refractivity contribution in [2.24, 2.45) is 0 Å². The molecule has 12 aromatic rings. The predicted molar refractivity (Wildman–Crippen MR) is 429 cm³/mol. The molecule has 516 valence electrons. The van der Waals surface area contributed by atoms with Gasteiger partial charge in [-0.2, -0.15) is 0 Å². The van der Waals surface area contributed by atoms with Crippen molar-refractivity contribution in [1.29, 1.82) is 0 Å². The van der Waals surface area contributed by atoms with Crippen LogP contribution in [0.3, 0.4) is 0 Å². The van der Waals surface area contributed by atoms with Crippen LogP contribution in [0.4, 0.5) is 0 Å². The topological polar surface area (TPSA) is 77.3 Å². The lowest BCUT2D eigenvalue weighted by Crippen LogP contribution is -1.94. The average Bonchev–Trinajstić information content (AvgIpc) is 1.64.